The maximum atomic E-state index is 12.5. The molecule has 0 amide bonds. The normalized spacial score (nSPS) is 53.5. The van der Waals surface area contributed by atoms with E-state index in [1.807, 2.05) is 0 Å². The molecule has 0 N–H and O–H groups in total. The van der Waals surface area contributed by atoms with E-state index in [0.717, 1.165) is 51.2 Å². The molecule has 8 atom stereocenters. The third kappa shape index (κ3) is 2.07. The van der Waals surface area contributed by atoms with E-state index in [1.54, 1.807) is 5.57 Å². The summed E-state index contributed by atoms with van der Waals surface area (Å²) in [6.07, 6.45) is 9.65. The Morgan fingerprint density at radius 3 is 2.79 bits per heavy atom. The van der Waals surface area contributed by atoms with Crippen LogP contribution in [0.2, 0.25) is 0 Å². The van der Waals surface area contributed by atoms with Crippen LogP contribution in [0.3, 0.4) is 0 Å². The van der Waals surface area contributed by atoms with Crippen molar-refractivity contribution in [3.05, 3.63) is 11.6 Å². The number of rotatable bonds is 0. The fourth-order valence-electron chi connectivity index (χ4n) is 7.12. The van der Waals surface area contributed by atoms with Crippen molar-refractivity contribution in [1.29, 1.82) is 0 Å². The summed E-state index contributed by atoms with van der Waals surface area (Å²) in [6.45, 7) is 6.18. The van der Waals surface area contributed by atoms with Crippen molar-refractivity contribution in [2.24, 2.45) is 35.0 Å². The maximum Gasteiger partial charge on any atom is 0.139 e. The number of allylic oxidation sites excluding steroid dienone is 1. The van der Waals surface area contributed by atoms with Crippen molar-refractivity contribution in [3.8, 4) is 0 Å². The summed E-state index contributed by atoms with van der Waals surface area (Å²) in [6, 6.07) is 0. The minimum Gasteiger partial charge on any atom is -0.373 e. The van der Waals surface area contributed by atoms with Crippen LogP contribution in [0, 0.1) is 35.0 Å². The Kier molecular flexibility index (Phi) is 3.51. The first-order valence-corrected chi connectivity index (χ1v) is 10.0. The number of carbonyl (C=O) groups is 1. The van der Waals surface area contributed by atoms with Crippen LogP contribution in [-0.4, -0.2) is 31.2 Å². The first-order valence-electron chi connectivity index (χ1n) is 10.0. The number of hydrogen-bond donors (Lipinski definition) is 0. The summed E-state index contributed by atoms with van der Waals surface area (Å²) in [7, 11) is 0. The molecule has 4 fully saturated rings. The summed E-state index contributed by atoms with van der Waals surface area (Å²) >= 11 is 0. The van der Waals surface area contributed by atoms with E-state index in [9.17, 15) is 4.79 Å². The molecule has 2 unspecified atom stereocenters. The van der Waals surface area contributed by atoms with Gasteiger partial charge in [0.15, 0.2) is 0 Å². The number of ether oxygens (including phenoxy) is 2. The molecule has 0 radical (unpaired) electrons. The van der Waals surface area contributed by atoms with Gasteiger partial charge in [-0.25, -0.2) is 0 Å². The van der Waals surface area contributed by atoms with E-state index in [1.165, 1.54) is 6.42 Å². The van der Waals surface area contributed by atoms with Gasteiger partial charge in [0.1, 0.15) is 5.78 Å². The molecule has 0 aromatic rings. The molecule has 0 aromatic carbocycles. The van der Waals surface area contributed by atoms with Crippen molar-refractivity contribution in [2.75, 3.05) is 13.2 Å². The van der Waals surface area contributed by atoms with Crippen LogP contribution in [0.25, 0.3) is 0 Å². The molecule has 3 saturated carbocycles. The highest BCUT2D eigenvalue weighted by Gasteiger charge is 2.58. The van der Waals surface area contributed by atoms with Crippen molar-refractivity contribution >= 4 is 5.78 Å². The zero-order valence-electron chi connectivity index (χ0n) is 15.0. The molecule has 0 bridgehead atoms. The summed E-state index contributed by atoms with van der Waals surface area (Å²) in [5.41, 5.74) is 1.62. The lowest BCUT2D eigenvalue weighted by Gasteiger charge is -2.55. The third-order valence-electron chi connectivity index (χ3n) is 8.26. The largest absolute Gasteiger partial charge is 0.373 e. The fraction of sp³-hybridized carbons (Fsp3) is 0.857. The Morgan fingerprint density at radius 1 is 1.17 bits per heavy atom. The van der Waals surface area contributed by atoms with E-state index in [0.29, 0.717) is 35.6 Å². The lowest BCUT2D eigenvalue weighted by Crippen LogP contribution is -2.52. The number of ketones is 1. The van der Waals surface area contributed by atoms with Gasteiger partial charge in [0.05, 0.1) is 25.4 Å². The number of hydrogen-bond acceptors (Lipinski definition) is 3. The van der Waals surface area contributed by atoms with Crippen LogP contribution in [0.4, 0.5) is 0 Å². The molecule has 3 nitrogen and oxygen atoms in total. The van der Waals surface area contributed by atoms with Gasteiger partial charge in [0.2, 0.25) is 0 Å². The second-order valence-electron chi connectivity index (χ2n) is 9.23. The zero-order chi connectivity index (χ0) is 16.5. The quantitative estimate of drug-likeness (QED) is 0.634. The maximum absolute atomic E-state index is 12.5. The Morgan fingerprint density at radius 2 is 1.96 bits per heavy atom. The average Bonchev–Trinajstić information content (AvgIpc) is 2.88. The predicted molar refractivity (Wildman–Crippen MR) is 91.5 cm³/mol. The van der Waals surface area contributed by atoms with Crippen LogP contribution in [0.5, 0.6) is 0 Å². The molecule has 1 heterocycles. The molecular weight excluding hydrogens is 300 g/mol. The van der Waals surface area contributed by atoms with Gasteiger partial charge in [-0.15, -0.1) is 0 Å². The van der Waals surface area contributed by atoms with E-state index in [2.05, 4.69) is 19.9 Å². The molecule has 5 aliphatic rings. The Hall–Kier alpha value is -0.670. The van der Waals surface area contributed by atoms with Crippen LogP contribution in [-0.2, 0) is 14.3 Å². The SMILES string of the molecule is C[C@@H]1C=C2CC3OCCOC3C[C@@H]2[C@H]2CC[C@]3(C)C(=O)CC[C@H]3[C@@H]21. The van der Waals surface area contributed by atoms with Crippen LogP contribution < -0.4 is 0 Å². The Bertz CT molecular complexity index is 582. The van der Waals surface area contributed by atoms with E-state index >= 15 is 0 Å². The molecule has 0 spiro atoms. The second kappa shape index (κ2) is 5.41. The first-order chi connectivity index (χ1) is 11.6. The van der Waals surface area contributed by atoms with Crippen molar-refractivity contribution in [1.82, 2.24) is 0 Å². The van der Waals surface area contributed by atoms with Gasteiger partial charge in [-0.1, -0.05) is 25.5 Å². The predicted octanol–water partition coefficient (Wildman–Crippen LogP) is 3.77. The lowest BCUT2D eigenvalue weighted by atomic mass is 9.50. The molecule has 5 rings (SSSR count). The minimum absolute atomic E-state index is 0.0254. The molecule has 24 heavy (non-hydrogen) atoms. The second-order valence-corrected chi connectivity index (χ2v) is 9.23. The average molecular weight is 330 g/mol. The smallest absolute Gasteiger partial charge is 0.139 e. The van der Waals surface area contributed by atoms with Crippen LogP contribution in [0.15, 0.2) is 11.6 Å². The van der Waals surface area contributed by atoms with Gasteiger partial charge in [-0.05, 0) is 61.7 Å². The topological polar surface area (TPSA) is 35.5 Å². The van der Waals surface area contributed by atoms with Gasteiger partial charge >= 0.3 is 0 Å². The molecular formula is C21H30O3. The summed E-state index contributed by atoms with van der Waals surface area (Å²) in [5.74, 6) is 3.89. The molecule has 4 aliphatic carbocycles. The van der Waals surface area contributed by atoms with Crippen molar-refractivity contribution in [2.45, 2.75) is 64.6 Å². The fourth-order valence-corrected chi connectivity index (χ4v) is 7.12. The summed E-state index contributed by atoms with van der Waals surface area (Å²) < 4.78 is 12.0. The van der Waals surface area contributed by atoms with Crippen LogP contribution >= 0.6 is 0 Å². The van der Waals surface area contributed by atoms with Crippen LogP contribution in [0.1, 0.15) is 52.4 Å². The third-order valence-corrected chi connectivity index (χ3v) is 8.26. The molecule has 3 heteroatoms. The first kappa shape index (κ1) is 15.6. The highest BCUT2D eigenvalue weighted by Crippen LogP contribution is 2.61. The minimum atomic E-state index is -0.0254. The standard InChI is InChI=1S/C21H30O3/c1-12-9-13-10-17-18(24-8-7-23-17)11-15(13)14-5-6-21(2)16(20(12)14)3-4-19(21)22/h9,12,14-18,20H,3-8,10-11H2,1-2H3/t12-,14-,15+,16+,17?,18?,20-,21+/m1/s1. The molecule has 1 saturated heterocycles. The van der Waals surface area contributed by atoms with Crippen molar-refractivity contribution in [3.63, 3.8) is 0 Å². The lowest BCUT2D eigenvalue weighted by molar-refractivity contribution is -0.161. The van der Waals surface area contributed by atoms with Crippen molar-refractivity contribution < 1.29 is 14.3 Å². The zero-order valence-corrected chi connectivity index (χ0v) is 15.0. The van der Waals surface area contributed by atoms with Gasteiger partial charge < -0.3 is 9.47 Å². The number of carbonyl (C=O) groups excluding carboxylic acids is 1. The van der Waals surface area contributed by atoms with E-state index < -0.39 is 0 Å². The number of Topliss-reactive ketones (excluding diaryl/α,β-unsaturated/α-hetero) is 1. The summed E-state index contributed by atoms with van der Waals surface area (Å²) in [4.78, 5) is 12.5. The molecule has 1 aliphatic heterocycles. The Balaban J connectivity index is 1.47. The van der Waals surface area contributed by atoms with E-state index in [4.69, 9.17) is 9.47 Å². The Labute approximate surface area is 145 Å². The monoisotopic (exact) mass is 330 g/mol. The highest BCUT2D eigenvalue weighted by molar-refractivity contribution is 5.87. The van der Waals surface area contributed by atoms with Gasteiger partial charge in [-0.2, -0.15) is 0 Å². The molecule has 0 aromatic heterocycles. The van der Waals surface area contributed by atoms with Gasteiger partial charge in [0.25, 0.3) is 0 Å². The van der Waals surface area contributed by atoms with Gasteiger partial charge in [-0.3, -0.25) is 4.79 Å². The van der Waals surface area contributed by atoms with E-state index in [-0.39, 0.29) is 11.5 Å². The van der Waals surface area contributed by atoms with Gasteiger partial charge in [0, 0.05) is 11.8 Å². The molecule has 132 valence electrons. The number of fused-ring (bicyclic) bond motifs is 6. The highest BCUT2D eigenvalue weighted by atomic mass is 16.6. The summed E-state index contributed by atoms with van der Waals surface area (Å²) in [5, 5.41) is 0.